The number of carbonyl (C=O) groups is 1. The van der Waals surface area contributed by atoms with Gasteiger partial charge in [-0.25, -0.2) is 8.78 Å². The lowest BCUT2D eigenvalue weighted by molar-refractivity contribution is -0.125. The van der Waals surface area contributed by atoms with E-state index in [1.165, 1.54) is 13.2 Å². The van der Waals surface area contributed by atoms with E-state index in [0.29, 0.717) is 50.6 Å². The molecule has 37 heavy (non-hydrogen) atoms. The van der Waals surface area contributed by atoms with E-state index in [-0.39, 0.29) is 6.79 Å². The van der Waals surface area contributed by atoms with E-state index in [9.17, 15) is 13.6 Å². The second-order valence-electron chi connectivity index (χ2n) is 9.22. The molecule has 0 saturated heterocycles. The summed E-state index contributed by atoms with van der Waals surface area (Å²) in [7, 11) is 1.53. The molecule has 0 bridgehead atoms. The predicted octanol–water partition coefficient (Wildman–Crippen LogP) is 6.46. The largest absolute Gasteiger partial charge is 0.497 e. The van der Waals surface area contributed by atoms with Gasteiger partial charge in [0.05, 0.1) is 29.1 Å². The fourth-order valence-corrected chi connectivity index (χ4v) is 5.37. The summed E-state index contributed by atoms with van der Waals surface area (Å²) in [4.78, 5) is 13.2. The molecule has 4 unspecified atom stereocenters. The van der Waals surface area contributed by atoms with Gasteiger partial charge in [0.1, 0.15) is 23.5 Å². The fraction of sp³-hybridized carbons (Fsp3) is 0.296. The Labute approximate surface area is 221 Å². The number of ether oxygens (including phenoxy) is 4. The first-order chi connectivity index (χ1) is 17.8. The zero-order valence-electron chi connectivity index (χ0n) is 19.5. The Morgan fingerprint density at radius 2 is 1.76 bits per heavy atom. The molecule has 0 spiro atoms. The zero-order chi connectivity index (χ0) is 25.9. The van der Waals surface area contributed by atoms with Crippen molar-refractivity contribution in [2.45, 2.75) is 30.4 Å². The Hall–Kier alpha value is -3.23. The van der Waals surface area contributed by atoms with E-state index in [1.807, 2.05) is 0 Å². The van der Waals surface area contributed by atoms with Crippen molar-refractivity contribution in [2.75, 3.05) is 13.9 Å². The van der Waals surface area contributed by atoms with Crippen molar-refractivity contribution in [3.8, 4) is 23.0 Å². The number of hydrogen-bond acceptors (Lipinski definition) is 5. The summed E-state index contributed by atoms with van der Waals surface area (Å²) in [5, 5.41) is 3.62. The molecule has 1 N–H and O–H groups in total. The summed E-state index contributed by atoms with van der Waals surface area (Å²) < 4.78 is 52.0. The molecule has 3 aromatic rings. The van der Waals surface area contributed by atoms with Crippen molar-refractivity contribution >= 4 is 29.1 Å². The maximum absolute atomic E-state index is 14.9. The van der Waals surface area contributed by atoms with Crippen molar-refractivity contribution in [3.05, 3.63) is 81.3 Å². The number of methoxy groups -OCH3 is 1. The van der Waals surface area contributed by atoms with E-state index < -0.39 is 35.8 Å². The van der Waals surface area contributed by atoms with Crippen molar-refractivity contribution < 1.29 is 32.5 Å². The molecule has 4 atom stereocenters. The number of fused-ring (bicyclic) bond motifs is 2. The lowest BCUT2D eigenvalue weighted by atomic mass is 9.92. The molecule has 0 radical (unpaired) electrons. The van der Waals surface area contributed by atoms with Crippen LogP contribution in [0.4, 0.5) is 8.78 Å². The molecule has 6 rings (SSSR count). The summed E-state index contributed by atoms with van der Waals surface area (Å²) in [6.07, 6.45) is -0.181. The van der Waals surface area contributed by atoms with Gasteiger partial charge in [0.15, 0.2) is 11.5 Å². The van der Waals surface area contributed by atoms with Crippen LogP contribution in [-0.2, 0) is 4.79 Å². The van der Waals surface area contributed by atoms with Gasteiger partial charge in [-0.3, -0.25) is 4.79 Å². The molecule has 10 heteroatoms. The minimum absolute atomic E-state index is 0.0394. The highest BCUT2D eigenvalue weighted by Crippen LogP contribution is 2.62. The summed E-state index contributed by atoms with van der Waals surface area (Å²) in [6.45, 7) is 0.0394. The van der Waals surface area contributed by atoms with Gasteiger partial charge in [-0.1, -0.05) is 35.3 Å². The van der Waals surface area contributed by atoms with Crippen molar-refractivity contribution in [2.24, 2.45) is 5.92 Å². The number of hydrogen-bond donors (Lipinski definition) is 1. The first-order valence-electron chi connectivity index (χ1n) is 11.6. The number of rotatable bonds is 5. The second-order valence-corrected chi connectivity index (χ2v) is 10.0. The van der Waals surface area contributed by atoms with Crippen LogP contribution < -0.4 is 24.3 Å². The van der Waals surface area contributed by atoms with Gasteiger partial charge in [-0.2, -0.15) is 0 Å². The number of halogens is 4. The van der Waals surface area contributed by atoms with E-state index in [4.69, 9.17) is 42.1 Å². The molecular weight excluding hydrogens is 527 g/mol. The summed E-state index contributed by atoms with van der Waals surface area (Å²) in [5.74, 6) is -4.71. The highest BCUT2D eigenvalue weighted by Gasteiger charge is 2.72. The second kappa shape index (κ2) is 8.96. The standard InChI is InChI=1S/C27H21Cl2F2NO5/c1-34-15-4-5-16-19(11-21(37-22(16)10-15)13-2-6-17(28)18(29)8-13)32-26(33)25-24(27(25,30)31)14-3-7-20-23(9-14)36-12-35-20/h2-10,19,21,24-25H,11-12H2,1H3,(H,32,33). The molecule has 1 amide bonds. The Balaban J connectivity index is 1.27. The van der Waals surface area contributed by atoms with Crippen molar-refractivity contribution in [1.82, 2.24) is 5.32 Å². The molecule has 1 aliphatic carbocycles. The maximum atomic E-state index is 14.9. The molecule has 1 fully saturated rings. The Morgan fingerprint density at radius 1 is 0.973 bits per heavy atom. The number of alkyl halides is 2. The summed E-state index contributed by atoms with van der Waals surface area (Å²) in [6, 6.07) is 14.4. The summed E-state index contributed by atoms with van der Waals surface area (Å²) >= 11 is 12.3. The fourth-order valence-electron chi connectivity index (χ4n) is 5.06. The third-order valence-corrected chi connectivity index (χ3v) is 7.78. The molecule has 2 aliphatic heterocycles. The molecule has 1 saturated carbocycles. The van der Waals surface area contributed by atoms with E-state index in [0.717, 1.165) is 5.56 Å². The normalized spacial score (nSPS) is 24.6. The van der Waals surface area contributed by atoms with Gasteiger partial charge in [0.2, 0.25) is 12.7 Å². The van der Waals surface area contributed by atoms with E-state index in [1.54, 1.807) is 48.5 Å². The molecule has 6 nitrogen and oxygen atoms in total. The van der Waals surface area contributed by atoms with Crippen LogP contribution in [0.3, 0.4) is 0 Å². The van der Waals surface area contributed by atoms with Crippen molar-refractivity contribution in [3.63, 3.8) is 0 Å². The Morgan fingerprint density at radius 3 is 2.54 bits per heavy atom. The molecule has 3 aromatic carbocycles. The molecule has 0 aromatic heterocycles. The molecular formula is C27H21Cl2F2NO5. The topological polar surface area (TPSA) is 66.0 Å². The number of amides is 1. The zero-order valence-corrected chi connectivity index (χ0v) is 21.0. The number of nitrogens with one attached hydrogen (secondary N) is 1. The van der Waals surface area contributed by atoms with Gasteiger partial charge in [-0.15, -0.1) is 0 Å². The van der Waals surface area contributed by atoms with Crippen LogP contribution in [0.5, 0.6) is 23.0 Å². The molecule has 192 valence electrons. The third-order valence-electron chi connectivity index (χ3n) is 7.04. The van der Waals surface area contributed by atoms with Crippen LogP contribution in [0, 0.1) is 5.92 Å². The lowest BCUT2D eigenvalue weighted by Gasteiger charge is -2.33. The Kier molecular flexibility index (Phi) is 5.84. The molecule has 3 aliphatic rings. The average Bonchev–Trinajstić information content (AvgIpc) is 3.20. The lowest BCUT2D eigenvalue weighted by Crippen LogP contribution is -2.35. The van der Waals surface area contributed by atoms with Gasteiger partial charge in [-0.05, 0) is 47.5 Å². The first kappa shape index (κ1) is 24.1. The minimum atomic E-state index is -3.19. The minimum Gasteiger partial charge on any atom is -0.497 e. The van der Waals surface area contributed by atoms with Gasteiger partial charge in [0, 0.05) is 18.1 Å². The van der Waals surface area contributed by atoms with Gasteiger partial charge < -0.3 is 24.3 Å². The van der Waals surface area contributed by atoms with Crippen LogP contribution in [0.25, 0.3) is 0 Å². The third kappa shape index (κ3) is 4.22. The monoisotopic (exact) mass is 547 g/mol. The summed E-state index contributed by atoms with van der Waals surface area (Å²) in [5.41, 5.74) is 1.76. The van der Waals surface area contributed by atoms with Crippen LogP contribution >= 0.6 is 23.2 Å². The van der Waals surface area contributed by atoms with Gasteiger partial charge >= 0.3 is 0 Å². The van der Waals surface area contributed by atoms with E-state index >= 15 is 0 Å². The van der Waals surface area contributed by atoms with Crippen LogP contribution in [-0.4, -0.2) is 25.7 Å². The molecule has 2 heterocycles. The van der Waals surface area contributed by atoms with Crippen LogP contribution in [0.1, 0.15) is 41.2 Å². The van der Waals surface area contributed by atoms with Crippen LogP contribution in [0.2, 0.25) is 10.0 Å². The smallest absolute Gasteiger partial charge is 0.268 e. The van der Waals surface area contributed by atoms with E-state index in [2.05, 4.69) is 5.32 Å². The SMILES string of the molecule is COc1ccc2c(c1)OC(c1ccc(Cl)c(Cl)c1)CC2NC(=O)C1C(c2ccc3c(c2)OCO3)C1(F)F. The van der Waals surface area contributed by atoms with Crippen molar-refractivity contribution in [1.29, 1.82) is 0 Å². The highest BCUT2D eigenvalue weighted by molar-refractivity contribution is 6.42. The number of benzene rings is 3. The maximum Gasteiger partial charge on any atom is 0.268 e. The quantitative estimate of drug-likeness (QED) is 0.397. The average molecular weight is 548 g/mol. The first-order valence-corrected chi connectivity index (χ1v) is 12.4. The van der Waals surface area contributed by atoms with Gasteiger partial charge in [0.25, 0.3) is 5.92 Å². The number of carbonyl (C=O) groups excluding carboxylic acids is 1. The van der Waals surface area contributed by atoms with Crippen LogP contribution in [0.15, 0.2) is 54.6 Å². The highest BCUT2D eigenvalue weighted by atomic mass is 35.5. The Bertz CT molecular complexity index is 1400. The predicted molar refractivity (Wildman–Crippen MR) is 132 cm³/mol.